The van der Waals surface area contributed by atoms with Crippen LogP contribution in [0.1, 0.15) is 23.2 Å². The van der Waals surface area contributed by atoms with Crippen molar-refractivity contribution >= 4 is 40.0 Å². The Balaban J connectivity index is 1.69. The van der Waals surface area contributed by atoms with Crippen molar-refractivity contribution < 1.29 is 14.0 Å². The van der Waals surface area contributed by atoms with Crippen LogP contribution in [-0.4, -0.2) is 27.8 Å². The Morgan fingerprint density at radius 3 is 2.59 bits per heavy atom. The summed E-state index contributed by atoms with van der Waals surface area (Å²) in [5, 5.41) is 6.60. The fourth-order valence-electron chi connectivity index (χ4n) is 3.15. The van der Waals surface area contributed by atoms with Crippen LogP contribution in [0.15, 0.2) is 42.6 Å². The molecule has 9 heteroatoms. The minimum absolute atomic E-state index is 0.0469. The van der Waals surface area contributed by atoms with Crippen molar-refractivity contribution in [1.82, 2.24) is 9.97 Å². The summed E-state index contributed by atoms with van der Waals surface area (Å²) in [7, 11) is 0. The van der Waals surface area contributed by atoms with E-state index in [-0.39, 0.29) is 23.1 Å². The summed E-state index contributed by atoms with van der Waals surface area (Å²) in [6.07, 6.45) is 3.23. The Hall–Kier alpha value is -3.75. The lowest BCUT2D eigenvalue weighted by atomic mass is 10.1. The van der Waals surface area contributed by atoms with E-state index in [0.717, 1.165) is 29.8 Å². The summed E-state index contributed by atoms with van der Waals surface area (Å²) in [6.45, 7) is 0. The summed E-state index contributed by atoms with van der Waals surface area (Å²) in [5.74, 6) is -2.30. The molecule has 4 rings (SSSR count). The van der Waals surface area contributed by atoms with Gasteiger partial charge in [0.2, 0.25) is 5.91 Å². The van der Waals surface area contributed by atoms with Gasteiger partial charge in [0.05, 0.1) is 23.0 Å². The lowest BCUT2D eigenvalue weighted by Gasteiger charge is -2.18. The first-order chi connectivity index (χ1) is 13.9. The van der Waals surface area contributed by atoms with Crippen molar-refractivity contribution in [1.29, 1.82) is 0 Å². The van der Waals surface area contributed by atoms with Gasteiger partial charge in [-0.25, -0.2) is 9.37 Å². The normalized spacial score (nSPS) is 14.4. The van der Waals surface area contributed by atoms with Crippen LogP contribution >= 0.6 is 0 Å². The number of halogens is 1. The number of aromatic nitrogens is 2. The van der Waals surface area contributed by atoms with E-state index in [4.69, 9.17) is 11.5 Å². The minimum atomic E-state index is -0.840. The van der Waals surface area contributed by atoms with Crippen LogP contribution < -0.4 is 22.1 Å². The first-order valence-corrected chi connectivity index (χ1v) is 9.10. The van der Waals surface area contributed by atoms with E-state index in [1.165, 1.54) is 0 Å². The number of rotatable bonds is 7. The fourth-order valence-corrected chi connectivity index (χ4v) is 3.15. The van der Waals surface area contributed by atoms with E-state index in [1.807, 2.05) is 30.3 Å². The number of fused-ring (bicyclic) bond motifs is 1. The van der Waals surface area contributed by atoms with E-state index < -0.39 is 23.7 Å². The number of nitrogens with one attached hydrogen (secondary N) is 2. The summed E-state index contributed by atoms with van der Waals surface area (Å²) in [5.41, 5.74) is 12.0. The second kappa shape index (κ2) is 7.34. The number of carbonyl (C=O) groups is 2. The number of benzene rings is 1. The maximum absolute atomic E-state index is 14.5. The largest absolute Gasteiger partial charge is 0.368 e. The Bertz CT molecular complexity index is 1120. The third-order valence-corrected chi connectivity index (χ3v) is 4.79. The van der Waals surface area contributed by atoms with Gasteiger partial charge in [0.1, 0.15) is 11.9 Å². The standard InChI is InChI=1S/C20H19FN6O2/c21-14-8-13(17(22)28)19(27-20(14)26-16(18(23)29)10-5-6-10)25-12-7-11-3-1-2-4-15(11)24-9-12/h1-4,7-10,16H,5-6H2,(H2,22,28)(H2,23,29)(H2,25,26,27)/t16-/m1/s1. The maximum Gasteiger partial charge on any atom is 0.252 e. The SMILES string of the molecule is NC(=O)c1cc(F)c(N[C@@H](C(N)=O)C2CC2)nc1Nc1cnc2ccccc2c1. The molecule has 0 saturated heterocycles. The number of amides is 2. The average molecular weight is 394 g/mol. The van der Waals surface area contributed by atoms with Crippen molar-refractivity contribution in [3.8, 4) is 0 Å². The summed E-state index contributed by atoms with van der Waals surface area (Å²) in [6, 6.07) is 9.59. The van der Waals surface area contributed by atoms with Gasteiger partial charge in [-0.3, -0.25) is 14.6 Å². The molecule has 1 fully saturated rings. The van der Waals surface area contributed by atoms with Crippen molar-refractivity contribution in [2.75, 3.05) is 10.6 Å². The lowest BCUT2D eigenvalue weighted by Crippen LogP contribution is -2.37. The summed E-state index contributed by atoms with van der Waals surface area (Å²) < 4.78 is 14.5. The molecular formula is C20H19FN6O2. The third kappa shape index (κ3) is 3.93. The molecule has 148 valence electrons. The van der Waals surface area contributed by atoms with Crippen molar-refractivity contribution in [2.45, 2.75) is 18.9 Å². The number of hydrogen-bond donors (Lipinski definition) is 4. The van der Waals surface area contributed by atoms with Gasteiger partial charge in [-0.05, 0) is 37.0 Å². The number of pyridine rings is 2. The zero-order valence-corrected chi connectivity index (χ0v) is 15.4. The zero-order chi connectivity index (χ0) is 20.5. The quantitative estimate of drug-likeness (QED) is 0.485. The highest BCUT2D eigenvalue weighted by molar-refractivity contribution is 5.99. The van der Waals surface area contributed by atoms with E-state index in [1.54, 1.807) is 6.20 Å². The van der Waals surface area contributed by atoms with Gasteiger partial charge in [0.15, 0.2) is 11.6 Å². The van der Waals surface area contributed by atoms with Crippen LogP contribution in [0.25, 0.3) is 10.9 Å². The number of nitrogens with zero attached hydrogens (tertiary/aromatic N) is 2. The molecule has 6 N–H and O–H groups in total. The first-order valence-electron chi connectivity index (χ1n) is 9.10. The molecule has 0 unspecified atom stereocenters. The molecular weight excluding hydrogens is 375 g/mol. The predicted molar refractivity (Wildman–Crippen MR) is 107 cm³/mol. The molecule has 1 aliphatic rings. The molecule has 0 aliphatic heterocycles. The Morgan fingerprint density at radius 1 is 1.14 bits per heavy atom. The molecule has 2 aromatic heterocycles. The molecule has 1 aromatic carbocycles. The van der Waals surface area contributed by atoms with Gasteiger partial charge in [-0.15, -0.1) is 0 Å². The molecule has 0 bridgehead atoms. The molecule has 0 spiro atoms. The summed E-state index contributed by atoms with van der Waals surface area (Å²) in [4.78, 5) is 32.0. The van der Waals surface area contributed by atoms with Crippen molar-refractivity contribution in [3.63, 3.8) is 0 Å². The molecule has 2 heterocycles. The van der Waals surface area contributed by atoms with Crippen LogP contribution in [0.3, 0.4) is 0 Å². The average Bonchev–Trinajstić information content (AvgIpc) is 3.52. The van der Waals surface area contributed by atoms with Gasteiger partial charge < -0.3 is 22.1 Å². The van der Waals surface area contributed by atoms with Crippen LogP contribution in [0.4, 0.5) is 21.7 Å². The number of para-hydroxylation sites is 1. The van der Waals surface area contributed by atoms with Gasteiger partial charge in [-0.1, -0.05) is 18.2 Å². The van der Waals surface area contributed by atoms with E-state index in [2.05, 4.69) is 20.6 Å². The number of primary amides is 2. The number of anilines is 3. The Labute approximate surface area is 165 Å². The molecule has 2 amide bonds. The minimum Gasteiger partial charge on any atom is -0.368 e. The zero-order valence-electron chi connectivity index (χ0n) is 15.4. The maximum atomic E-state index is 14.5. The van der Waals surface area contributed by atoms with Gasteiger partial charge in [0, 0.05) is 5.39 Å². The molecule has 8 nitrogen and oxygen atoms in total. The van der Waals surface area contributed by atoms with Crippen LogP contribution in [0, 0.1) is 11.7 Å². The second-order valence-electron chi connectivity index (χ2n) is 6.98. The van der Waals surface area contributed by atoms with Gasteiger partial charge in [-0.2, -0.15) is 0 Å². The predicted octanol–water partition coefficient (Wildman–Crippen LogP) is 2.29. The highest BCUT2D eigenvalue weighted by atomic mass is 19.1. The van der Waals surface area contributed by atoms with E-state index in [9.17, 15) is 14.0 Å². The highest BCUT2D eigenvalue weighted by Gasteiger charge is 2.36. The van der Waals surface area contributed by atoms with E-state index >= 15 is 0 Å². The number of nitrogens with two attached hydrogens (primary N) is 2. The van der Waals surface area contributed by atoms with Crippen molar-refractivity contribution in [2.24, 2.45) is 17.4 Å². The van der Waals surface area contributed by atoms with E-state index in [0.29, 0.717) is 5.69 Å². The lowest BCUT2D eigenvalue weighted by molar-refractivity contribution is -0.119. The van der Waals surface area contributed by atoms with Crippen LogP contribution in [0.2, 0.25) is 0 Å². The fraction of sp³-hybridized carbons (Fsp3) is 0.200. The molecule has 1 atom stereocenters. The van der Waals surface area contributed by atoms with Crippen LogP contribution in [-0.2, 0) is 4.79 Å². The van der Waals surface area contributed by atoms with Crippen molar-refractivity contribution in [3.05, 3.63) is 54.0 Å². The Kier molecular flexibility index (Phi) is 4.71. The second-order valence-corrected chi connectivity index (χ2v) is 6.98. The molecule has 1 saturated carbocycles. The third-order valence-electron chi connectivity index (χ3n) is 4.79. The van der Waals surface area contributed by atoms with Gasteiger partial charge in [0.25, 0.3) is 5.91 Å². The monoisotopic (exact) mass is 394 g/mol. The number of hydrogen-bond acceptors (Lipinski definition) is 6. The van der Waals surface area contributed by atoms with Gasteiger partial charge >= 0.3 is 0 Å². The molecule has 29 heavy (non-hydrogen) atoms. The number of carbonyl (C=O) groups excluding carboxylic acids is 2. The smallest absolute Gasteiger partial charge is 0.252 e. The summed E-state index contributed by atoms with van der Waals surface area (Å²) >= 11 is 0. The molecule has 3 aromatic rings. The van der Waals surface area contributed by atoms with Crippen LogP contribution in [0.5, 0.6) is 0 Å². The first kappa shape index (κ1) is 18.6. The topological polar surface area (TPSA) is 136 Å². The molecule has 0 radical (unpaired) electrons. The Morgan fingerprint density at radius 2 is 1.90 bits per heavy atom. The molecule has 1 aliphatic carbocycles. The highest BCUT2D eigenvalue weighted by Crippen LogP contribution is 2.35.